The fraction of sp³-hybridized carbons (Fsp3) is 0.784. The van der Waals surface area contributed by atoms with Gasteiger partial charge in [-0.05, 0) is 80.0 Å². The van der Waals surface area contributed by atoms with Crippen molar-refractivity contribution in [1.82, 2.24) is 20.0 Å². The normalized spacial score (nSPS) is 11.8. The van der Waals surface area contributed by atoms with E-state index in [4.69, 9.17) is 56.8 Å². The summed E-state index contributed by atoms with van der Waals surface area (Å²) in [6.07, 6.45) is 0. The van der Waals surface area contributed by atoms with Crippen LogP contribution in [0.3, 0.4) is 0 Å². The smallest absolute Gasteiger partial charge is 0.549 e. The molecule has 0 spiro atoms. The van der Waals surface area contributed by atoms with E-state index in [2.05, 4.69) is 5.32 Å². The Bertz CT molecular complexity index is 1720. The first-order valence-corrected chi connectivity index (χ1v) is 25.5. The molecule has 78 heavy (non-hydrogen) atoms. The summed E-state index contributed by atoms with van der Waals surface area (Å²) in [5.74, 6) is -6.02. The van der Waals surface area contributed by atoms with Gasteiger partial charge in [0.25, 0.3) is 0 Å². The topological polar surface area (TPSA) is 310 Å². The van der Waals surface area contributed by atoms with E-state index in [-0.39, 0.29) is 156 Å². The fourth-order valence-electron chi connectivity index (χ4n) is 6.35. The molecule has 0 aliphatic rings. The molecule has 0 atom stereocenters. The van der Waals surface area contributed by atoms with Gasteiger partial charge < -0.3 is 102 Å². The van der Waals surface area contributed by atoms with Crippen LogP contribution < -0.4 is 69.5 Å². The quantitative estimate of drug-likeness (QED) is 0.0469. The SMILES string of the molecule is CC(C)(C)OCCOCCOCCOc1cc(CNC(=O)CN(CCN(CCN(CC(=O)[O-])CC(=O)[O-])CC(=O)[O-])CC(=O)[O-])cc(OCCOCCOCCOC(C)(C)C)c1OCCOCCOCCOC(C)(C)C.[99Tc].[Na+]. The summed E-state index contributed by atoms with van der Waals surface area (Å²) in [5.41, 5.74) is -0.328. The van der Waals surface area contributed by atoms with Crippen molar-refractivity contribution < 1.29 is 151 Å². The van der Waals surface area contributed by atoms with Gasteiger partial charge in [-0.25, -0.2) is 0 Å². The fourth-order valence-corrected chi connectivity index (χ4v) is 6.35. The predicted octanol–water partition coefficient (Wildman–Crippen LogP) is -6.11. The molecule has 1 aromatic carbocycles. The van der Waals surface area contributed by atoms with Crippen molar-refractivity contribution in [2.75, 3.05) is 178 Å². The molecule has 0 bridgehead atoms. The third-order valence-corrected chi connectivity index (χ3v) is 9.66. The maximum atomic E-state index is 13.4. The Labute approximate surface area is 496 Å². The standard InChI is InChI=1S/C51H90N4O21.Na.Tc/c1-49(2,3)74-29-23-68-17-14-65-20-26-71-41-32-40(34-52-43(56)35-54(37-45(59)60)12-10-53(36-44(57)58)11-13-55(38-46(61)62)39-47(63)64)33-42(72-27-21-66-15-18-69-24-30-75-50(4,5)6)48(41)73-28-22-67-16-19-70-25-31-76-51(7,8)9;;/h32-33H,10-31,34-39H2,1-9H3,(H,52,56)(H,57,58)(H,59,60)(H,61,62)(H,63,64);;/q;+1;/p-4/i;;1+1. The molecule has 1 radical (unpaired) electrons. The number of carbonyl (C=O) groups excluding carboxylic acids is 5. The average molecular weight is 1210 g/mol. The van der Waals surface area contributed by atoms with Crippen LogP contribution in [0.5, 0.6) is 17.2 Å². The van der Waals surface area contributed by atoms with Gasteiger partial charge in [-0.2, -0.15) is 0 Å². The maximum absolute atomic E-state index is 13.4. The van der Waals surface area contributed by atoms with Gasteiger partial charge in [0.1, 0.15) is 19.8 Å². The Morgan fingerprint density at radius 1 is 0.410 bits per heavy atom. The second-order valence-electron chi connectivity index (χ2n) is 20.0. The molecule has 0 fully saturated rings. The van der Waals surface area contributed by atoms with E-state index in [1.807, 2.05) is 62.3 Å². The average Bonchev–Trinajstić information content (AvgIpc) is 3.29. The van der Waals surface area contributed by atoms with Gasteiger partial charge >= 0.3 is 29.6 Å². The predicted molar refractivity (Wildman–Crippen MR) is 266 cm³/mol. The maximum Gasteiger partial charge on any atom is 1.00 e. The number of carboxylic acids is 4. The summed E-state index contributed by atoms with van der Waals surface area (Å²) in [5, 5.41) is 48.4. The summed E-state index contributed by atoms with van der Waals surface area (Å²) in [4.78, 5) is 62.5. The number of aliphatic carboxylic acids is 4. The minimum atomic E-state index is -1.56. The number of carbonyl (C=O) groups is 5. The van der Waals surface area contributed by atoms with E-state index in [9.17, 15) is 44.4 Å². The first kappa shape index (κ1) is 77.2. The molecule has 447 valence electrons. The van der Waals surface area contributed by atoms with Crippen molar-refractivity contribution in [3.8, 4) is 17.2 Å². The second-order valence-corrected chi connectivity index (χ2v) is 20.0. The van der Waals surface area contributed by atoms with Crippen molar-refractivity contribution in [1.29, 1.82) is 0 Å². The van der Waals surface area contributed by atoms with Crippen LogP contribution in [0.15, 0.2) is 12.1 Å². The van der Waals surface area contributed by atoms with Gasteiger partial charge in [0, 0.05) is 79.0 Å². The molecule has 1 N–H and O–H groups in total. The third-order valence-electron chi connectivity index (χ3n) is 9.66. The van der Waals surface area contributed by atoms with E-state index in [0.29, 0.717) is 84.8 Å². The molecule has 0 aliphatic carbocycles. The Balaban J connectivity index is 0. The molecule has 1 aromatic rings. The van der Waals surface area contributed by atoms with E-state index in [0.717, 1.165) is 4.90 Å². The first-order chi connectivity index (χ1) is 35.8. The van der Waals surface area contributed by atoms with Crippen molar-refractivity contribution >= 4 is 29.8 Å². The zero-order valence-electron chi connectivity index (χ0n) is 47.7. The Morgan fingerprint density at radius 3 is 1.00 bits per heavy atom. The van der Waals surface area contributed by atoms with E-state index >= 15 is 0 Å². The van der Waals surface area contributed by atoms with Gasteiger partial charge in [0.15, 0.2) is 11.5 Å². The molecular weight excluding hydrogens is 1130 g/mol. The first-order valence-electron chi connectivity index (χ1n) is 25.5. The van der Waals surface area contributed by atoms with E-state index < -0.39 is 62.5 Å². The van der Waals surface area contributed by atoms with Crippen molar-refractivity contribution in [3.05, 3.63) is 17.7 Å². The van der Waals surface area contributed by atoms with Gasteiger partial charge in [0.05, 0.1) is 146 Å². The number of amides is 1. The number of hydrogen-bond donors (Lipinski definition) is 1. The minimum absolute atomic E-state index is 0. The number of benzene rings is 1. The Morgan fingerprint density at radius 2 is 0.679 bits per heavy atom. The van der Waals surface area contributed by atoms with Crippen LogP contribution in [-0.2, 0) is 93.3 Å². The van der Waals surface area contributed by atoms with Crippen molar-refractivity contribution in [3.63, 3.8) is 0 Å². The van der Waals surface area contributed by atoms with Crippen LogP contribution in [0.25, 0.3) is 0 Å². The summed E-state index contributed by atoms with van der Waals surface area (Å²) in [6.45, 7) is 18.7. The number of carboxylic acid groups (broad SMARTS) is 4. The minimum Gasteiger partial charge on any atom is -0.549 e. The summed E-state index contributed by atoms with van der Waals surface area (Å²) < 4.78 is 69.7. The van der Waals surface area contributed by atoms with Crippen LogP contribution in [0.1, 0.15) is 67.9 Å². The Hall–Kier alpha value is -2.86. The third kappa shape index (κ3) is 46.8. The largest absolute Gasteiger partial charge is 1.00 e. The van der Waals surface area contributed by atoms with Crippen LogP contribution in [-0.4, -0.2) is 239 Å². The molecule has 0 saturated heterocycles. The number of nitrogens with one attached hydrogen (secondary N) is 1. The molecular formula is C51H86N4NaO21Tc-3. The van der Waals surface area contributed by atoms with Gasteiger partial charge in [-0.1, -0.05) is 0 Å². The number of rotatable bonds is 48. The molecule has 1 rings (SSSR count). The Kier molecular flexibility index (Phi) is 44.3. The van der Waals surface area contributed by atoms with Crippen LogP contribution in [0.4, 0.5) is 0 Å². The van der Waals surface area contributed by atoms with Crippen molar-refractivity contribution in [2.24, 2.45) is 0 Å². The van der Waals surface area contributed by atoms with Crippen LogP contribution in [0, 0.1) is 0 Å². The number of ether oxygens (including phenoxy) is 12. The number of hydrogen-bond acceptors (Lipinski definition) is 24. The molecule has 27 heteroatoms. The van der Waals surface area contributed by atoms with Gasteiger partial charge in [0.2, 0.25) is 11.7 Å². The van der Waals surface area contributed by atoms with Gasteiger partial charge in [-0.15, -0.1) is 0 Å². The molecule has 0 aliphatic heterocycles. The molecule has 0 saturated carbocycles. The second kappa shape index (κ2) is 44.8. The van der Waals surface area contributed by atoms with Gasteiger partial charge in [-0.3, -0.25) is 19.5 Å². The molecule has 0 aromatic heterocycles. The zero-order valence-corrected chi connectivity index (χ0v) is 51.6. The zero-order chi connectivity index (χ0) is 56.8. The molecule has 0 unspecified atom stereocenters. The van der Waals surface area contributed by atoms with Crippen LogP contribution >= 0.6 is 0 Å². The molecule has 0 heterocycles. The number of nitrogens with zero attached hydrogens (tertiary/aromatic N) is 3. The van der Waals surface area contributed by atoms with E-state index in [1.54, 1.807) is 12.1 Å². The summed E-state index contributed by atoms with van der Waals surface area (Å²) in [7, 11) is 0. The van der Waals surface area contributed by atoms with E-state index in [1.165, 1.54) is 9.80 Å². The summed E-state index contributed by atoms with van der Waals surface area (Å²) >= 11 is 0. The van der Waals surface area contributed by atoms with Crippen molar-refractivity contribution in [2.45, 2.75) is 85.7 Å². The van der Waals surface area contributed by atoms with Crippen LogP contribution in [0.2, 0.25) is 0 Å². The summed E-state index contributed by atoms with van der Waals surface area (Å²) in [6, 6.07) is 3.29. The molecule has 25 nitrogen and oxygen atoms in total. The molecule has 1 amide bonds. The monoisotopic (exact) mass is 1210 g/mol.